The number of nitrogen functional groups attached to an aromatic ring is 1. The summed E-state index contributed by atoms with van der Waals surface area (Å²) in [7, 11) is 1.28. The molecule has 18 heavy (non-hydrogen) atoms. The molecule has 1 aromatic rings. The Hall–Kier alpha value is -2.24. The van der Waals surface area contributed by atoms with Crippen LogP contribution in [0.15, 0.2) is 12.1 Å². The summed E-state index contributed by atoms with van der Waals surface area (Å²) in [6.45, 7) is 2.33. The molecule has 0 spiro atoms. The lowest BCUT2D eigenvalue weighted by atomic mass is 10.1. The molecule has 6 heteroatoms. The van der Waals surface area contributed by atoms with Gasteiger partial charge in [0.2, 0.25) is 0 Å². The molecule has 0 atom stereocenters. The van der Waals surface area contributed by atoms with Gasteiger partial charge in [-0.2, -0.15) is 0 Å². The van der Waals surface area contributed by atoms with E-state index < -0.39 is 5.97 Å². The zero-order chi connectivity index (χ0) is 13.3. The minimum absolute atomic E-state index is 0.0160. The molecular formula is C12H14N2O4. The van der Waals surface area contributed by atoms with Crippen molar-refractivity contribution in [1.82, 2.24) is 0 Å². The Bertz CT molecular complexity index is 513. The smallest absolute Gasteiger partial charge is 0.340 e. The number of esters is 1. The quantitative estimate of drug-likeness (QED) is 0.620. The third-order valence-corrected chi connectivity index (χ3v) is 2.80. The Labute approximate surface area is 104 Å². The standard InChI is InChI=1S/C12H14N2O4/c1-3-14-9-4-7(12(16)17-2)8(13)5-10(9)18-6-11(14)15/h4-5H,3,6,13H2,1-2H3. The van der Waals surface area contributed by atoms with Gasteiger partial charge >= 0.3 is 5.97 Å². The molecule has 0 bridgehead atoms. The lowest BCUT2D eigenvalue weighted by Gasteiger charge is -2.29. The average Bonchev–Trinajstić information content (AvgIpc) is 2.37. The van der Waals surface area contributed by atoms with Crippen LogP contribution in [0.4, 0.5) is 11.4 Å². The highest BCUT2D eigenvalue weighted by atomic mass is 16.5. The number of likely N-dealkylation sites (N-methyl/N-ethyl adjacent to an activating group) is 1. The van der Waals surface area contributed by atoms with E-state index in [4.69, 9.17) is 10.5 Å². The van der Waals surface area contributed by atoms with E-state index in [0.29, 0.717) is 18.0 Å². The zero-order valence-electron chi connectivity index (χ0n) is 10.2. The molecule has 1 aliphatic heterocycles. The molecule has 1 heterocycles. The number of carbonyl (C=O) groups excluding carboxylic acids is 2. The molecule has 2 N–H and O–H groups in total. The minimum Gasteiger partial charge on any atom is -0.481 e. The fraction of sp³-hybridized carbons (Fsp3) is 0.333. The van der Waals surface area contributed by atoms with E-state index in [1.165, 1.54) is 19.2 Å². The van der Waals surface area contributed by atoms with Gasteiger partial charge in [0.25, 0.3) is 5.91 Å². The van der Waals surface area contributed by atoms with Crippen molar-refractivity contribution in [2.45, 2.75) is 6.92 Å². The number of nitrogens with two attached hydrogens (primary N) is 1. The maximum absolute atomic E-state index is 11.7. The van der Waals surface area contributed by atoms with Crippen LogP contribution in [0.1, 0.15) is 17.3 Å². The van der Waals surface area contributed by atoms with E-state index in [0.717, 1.165) is 0 Å². The molecule has 96 valence electrons. The number of amides is 1. The Morgan fingerprint density at radius 2 is 2.28 bits per heavy atom. The minimum atomic E-state index is -0.538. The molecule has 1 amide bonds. The van der Waals surface area contributed by atoms with Crippen LogP contribution < -0.4 is 15.4 Å². The summed E-state index contributed by atoms with van der Waals surface area (Å²) in [4.78, 5) is 24.8. The number of fused-ring (bicyclic) bond motifs is 1. The number of nitrogens with zero attached hydrogens (tertiary/aromatic N) is 1. The van der Waals surface area contributed by atoms with E-state index in [2.05, 4.69) is 4.74 Å². The molecule has 0 aliphatic carbocycles. The first kappa shape index (κ1) is 12.2. The number of methoxy groups -OCH3 is 1. The van der Waals surface area contributed by atoms with Gasteiger partial charge in [0.1, 0.15) is 5.75 Å². The third kappa shape index (κ3) is 1.85. The van der Waals surface area contributed by atoms with Crippen molar-refractivity contribution >= 4 is 23.3 Å². The Balaban J connectivity index is 2.54. The van der Waals surface area contributed by atoms with Crippen molar-refractivity contribution in [2.24, 2.45) is 0 Å². The van der Waals surface area contributed by atoms with Crippen LogP contribution in [-0.4, -0.2) is 32.1 Å². The normalized spacial score (nSPS) is 13.9. The molecule has 1 aliphatic rings. The van der Waals surface area contributed by atoms with Crippen LogP contribution in [-0.2, 0) is 9.53 Å². The van der Waals surface area contributed by atoms with E-state index >= 15 is 0 Å². The van der Waals surface area contributed by atoms with Crippen molar-refractivity contribution < 1.29 is 19.1 Å². The van der Waals surface area contributed by atoms with Crippen molar-refractivity contribution in [3.8, 4) is 5.75 Å². The van der Waals surface area contributed by atoms with Crippen molar-refractivity contribution in [2.75, 3.05) is 30.9 Å². The first-order valence-electron chi connectivity index (χ1n) is 5.53. The number of ether oxygens (including phenoxy) is 2. The number of carbonyl (C=O) groups is 2. The summed E-state index contributed by atoms with van der Waals surface area (Å²) >= 11 is 0. The van der Waals surface area contributed by atoms with Crippen LogP contribution in [0.5, 0.6) is 5.75 Å². The molecule has 0 radical (unpaired) electrons. The number of hydrogen-bond donors (Lipinski definition) is 1. The third-order valence-electron chi connectivity index (χ3n) is 2.80. The van der Waals surface area contributed by atoms with E-state index in [1.807, 2.05) is 6.92 Å². The van der Waals surface area contributed by atoms with E-state index in [-0.39, 0.29) is 23.8 Å². The highest BCUT2D eigenvalue weighted by molar-refractivity contribution is 6.02. The first-order chi connectivity index (χ1) is 8.58. The van der Waals surface area contributed by atoms with Gasteiger partial charge in [-0.1, -0.05) is 0 Å². The molecule has 0 fully saturated rings. The summed E-state index contributed by atoms with van der Waals surface area (Å²) < 4.78 is 9.93. The van der Waals surface area contributed by atoms with Gasteiger partial charge in [-0.15, -0.1) is 0 Å². The lowest BCUT2D eigenvalue weighted by Crippen LogP contribution is -2.38. The predicted octanol–water partition coefficient (Wildman–Crippen LogP) is 0.801. The average molecular weight is 250 g/mol. The van der Waals surface area contributed by atoms with E-state index in [9.17, 15) is 9.59 Å². The van der Waals surface area contributed by atoms with Crippen molar-refractivity contribution in [3.63, 3.8) is 0 Å². The van der Waals surface area contributed by atoms with Crippen LogP contribution in [0, 0.1) is 0 Å². The topological polar surface area (TPSA) is 81.9 Å². The Morgan fingerprint density at radius 3 is 2.89 bits per heavy atom. The summed E-state index contributed by atoms with van der Waals surface area (Å²) in [5, 5.41) is 0. The van der Waals surface area contributed by atoms with Crippen LogP contribution >= 0.6 is 0 Å². The van der Waals surface area contributed by atoms with Gasteiger partial charge in [0.15, 0.2) is 6.61 Å². The molecule has 0 saturated carbocycles. The van der Waals surface area contributed by atoms with Crippen LogP contribution in [0.2, 0.25) is 0 Å². The summed E-state index contributed by atoms with van der Waals surface area (Å²) in [5.74, 6) is -0.184. The molecule has 0 aromatic heterocycles. The number of hydrogen-bond acceptors (Lipinski definition) is 5. The first-order valence-corrected chi connectivity index (χ1v) is 5.53. The monoisotopic (exact) mass is 250 g/mol. The lowest BCUT2D eigenvalue weighted by molar-refractivity contribution is -0.121. The second kappa shape index (κ2) is 4.56. The van der Waals surface area contributed by atoms with Crippen LogP contribution in [0.25, 0.3) is 0 Å². The summed E-state index contributed by atoms with van der Waals surface area (Å²) in [6, 6.07) is 3.06. The molecule has 2 rings (SSSR count). The SMILES string of the molecule is CCN1C(=O)COc2cc(N)c(C(=O)OC)cc21. The summed E-state index contributed by atoms with van der Waals surface area (Å²) in [5.41, 5.74) is 6.80. The number of anilines is 2. The maximum atomic E-state index is 11.7. The van der Waals surface area contributed by atoms with E-state index in [1.54, 1.807) is 4.90 Å². The number of benzene rings is 1. The molecular weight excluding hydrogens is 236 g/mol. The predicted molar refractivity (Wildman–Crippen MR) is 65.7 cm³/mol. The van der Waals surface area contributed by atoms with Gasteiger partial charge in [-0.3, -0.25) is 4.79 Å². The van der Waals surface area contributed by atoms with Gasteiger partial charge in [0.05, 0.1) is 18.4 Å². The number of rotatable bonds is 2. The van der Waals surface area contributed by atoms with Crippen molar-refractivity contribution in [3.05, 3.63) is 17.7 Å². The molecule has 6 nitrogen and oxygen atoms in total. The molecule has 0 saturated heterocycles. The van der Waals surface area contributed by atoms with Gasteiger partial charge in [0, 0.05) is 18.3 Å². The van der Waals surface area contributed by atoms with Crippen LogP contribution in [0.3, 0.4) is 0 Å². The summed E-state index contributed by atoms with van der Waals surface area (Å²) in [6.07, 6.45) is 0. The highest BCUT2D eigenvalue weighted by Gasteiger charge is 2.26. The highest BCUT2D eigenvalue weighted by Crippen LogP contribution is 2.36. The maximum Gasteiger partial charge on any atom is 0.340 e. The largest absolute Gasteiger partial charge is 0.481 e. The second-order valence-corrected chi connectivity index (χ2v) is 3.83. The molecule has 0 unspecified atom stereocenters. The fourth-order valence-corrected chi connectivity index (χ4v) is 1.90. The Morgan fingerprint density at radius 1 is 1.56 bits per heavy atom. The van der Waals surface area contributed by atoms with Gasteiger partial charge in [-0.05, 0) is 13.0 Å². The zero-order valence-corrected chi connectivity index (χ0v) is 10.2. The second-order valence-electron chi connectivity index (χ2n) is 3.83. The fourth-order valence-electron chi connectivity index (χ4n) is 1.90. The molecule has 1 aromatic carbocycles. The van der Waals surface area contributed by atoms with Gasteiger partial charge < -0.3 is 20.1 Å². The van der Waals surface area contributed by atoms with Gasteiger partial charge in [-0.25, -0.2) is 4.79 Å². The Kier molecular flexibility index (Phi) is 3.10. The van der Waals surface area contributed by atoms with Crippen molar-refractivity contribution in [1.29, 1.82) is 0 Å².